The van der Waals surface area contributed by atoms with Gasteiger partial charge in [0.25, 0.3) is 0 Å². The molecule has 0 fully saturated rings. The van der Waals surface area contributed by atoms with Crippen LogP contribution in [0.4, 0.5) is 5.82 Å². The van der Waals surface area contributed by atoms with Gasteiger partial charge in [0.2, 0.25) is 0 Å². The van der Waals surface area contributed by atoms with E-state index in [1.807, 2.05) is 47.0 Å². The number of rotatable bonds is 3. The van der Waals surface area contributed by atoms with E-state index in [0.717, 1.165) is 11.3 Å². The Morgan fingerprint density at radius 3 is 2.50 bits per heavy atom. The lowest BCUT2D eigenvalue weighted by molar-refractivity contribution is 0.143. The molecule has 3 heterocycles. The van der Waals surface area contributed by atoms with Gasteiger partial charge in [-0.05, 0) is 61.7 Å². The second-order valence-electron chi connectivity index (χ2n) is 7.43. The number of nitrogens with two attached hydrogens (primary N) is 2. The van der Waals surface area contributed by atoms with E-state index in [-0.39, 0.29) is 0 Å². The number of hydrogen-bond donors (Lipinski definition) is 3. The number of nitrogen functional groups attached to an aromatic ring is 1. The highest BCUT2D eigenvalue weighted by atomic mass is 16.3. The molecule has 0 unspecified atom stereocenters. The molecule has 7 heteroatoms. The van der Waals surface area contributed by atoms with Gasteiger partial charge in [-0.15, -0.1) is 0 Å². The number of hydrogen-bond acceptors (Lipinski definition) is 6. The molecule has 0 atom stereocenters. The largest absolute Gasteiger partial charge is 0.383 e. The Labute approximate surface area is 174 Å². The van der Waals surface area contributed by atoms with E-state index in [1.54, 1.807) is 26.1 Å². The molecule has 150 valence electrons. The first-order valence-electron chi connectivity index (χ1n) is 9.51. The molecular formula is C23H22N6O. The van der Waals surface area contributed by atoms with Gasteiger partial charge in [0.1, 0.15) is 22.6 Å². The Balaban J connectivity index is 1.98. The third-order valence-electron chi connectivity index (χ3n) is 4.51. The first kappa shape index (κ1) is 19.6. The molecule has 0 aliphatic carbocycles. The van der Waals surface area contributed by atoms with E-state index in [2.05, 4.69) is 16.8 Å². The van der Waals surface area contributed by atoms with Crippen LogP contribution >= 0.6 is 0 Å². The molecule has 30 heavy (non-hydrogen) atoms. The van der Waals surface area contributed by atoms with Crippen LogP contribution in [-0.4, -0.2) is 30.2 Å². The molecule has 3 aromatic heterocycles. The van der Waals surface area contributed by atoms with Crippen LogP contribution in [0.1, 0.15) is 25.1 Å². The average molecular weight is 398 g/mol. The predicted molar refractivity (Wildman–Crippen MR) is 118 cm³/mol. The summed E-state index contributed by atoms with van der Waals surface area (Å²) in [4.78, 5) is 13.7. The van der Waals surface area contributed by atoms with Crippen molar-refractivity contribution >= 4 is 17.0 Å². The second kappa shape index (κ2) is 7.59. The maximum absolute atomic E-state index is 9.91. The summed E-state index contributed by atoms with van der Waals surface area (Å²) in [6.45, 7) is 3.72. The van der Waals surface area contributed by atoms with Gasteiger partial charge in [-0.2, -0.15) is 0 Å². The standard InChI is InChI=1S/C23H22N6O/c1-23(2,30)12-11-16-7-10-19-22(27-16)29(17-8-5-15(14-24)6-9-17)21(28-19)18-4-3-13-26-20(18)25/h3-10,13,30H,14,24H2,1-2H3,(H2,25,26). The van der Waals surface area contributed by atoms with E-state index in [0.29, 0.717) is 40.6 Å². The number of anilines is 1. The van der Waals surface area contributed by atoms with Gasteiger partial charge >= 0.3 is 0 Å². The Morgan fingerprint density at radius 1 is 1.07 bits per heavy atom. The third kappa shape index (κ3) is 3.87. The first-order chi connectivity index (χ1) is 14.4. The van der Waals surface area contributed by atoms with Gasteiger partial charge in [-0.1, -0.05) is 18.1 Å². The fraction of sp³-hybridized carbons (Fsp3) is 0.174. The molecule has 0 amide bonds. The number of imidazole rings is 1. The lowest BCUT2D eigenvalue weighted by Gasteiger charge is -2.11. The monoisotopic (exact) mass is 398 g/mol. The molecule has 4 aromatic rings. The van der Waals surface area contributed by atoms with Crippen molar-refractivity contribution in [2.75, 3.05) is 5.73 Å². The minimum atomic E-state index is -1.11. The summed E-state index contributed by atoms with van der Waals surface area (Å²) in [5.74, 6) is 6.74. The van der Waals surface area contributed by atoms with Crippen LogP contribution in [0.5, 0.6) is 0 Å². The molecule has 5 N–H and O–H groups in total. The molecule has 4 rings (SSSR count). The Hall–Kier alpha value is -3.73. The summed E-state index contributed by atoms with van der Waals surface area (Å²) in [7, 11) is 0. The van der Waals surface area contributed by atoms with E-state index in [1.165, 1.54) is 0 Å². The van der Waals surface area contributed by atoms with Crippen molar-refractivity contribution in [3.63, 3.8) is 0 Å². The van der Waals surface area contributed by atoms with E-state index >= 15 is 0 Å². The molecule has 0 aliphatic rings. The molecular weight excluding hydrogens is 376 g/mol. The maximum Gasteiger partial charge on any atom is 0.166 e. The van der Waals surface area contributed by atoms with Crippen LogP contribution in [0.25, 0.3) is 28.2 Å². The highest BCUT2D eigenvalue weighted by Crippen LogP contribution is 2.30. The lowest BCUT2D eigenvalue weighted by Crippen LogP contribution is -2.14. The van der Waals surface area contributed by atoms with Crippen molar-refractivity contribution < 1.29 is 5.11 Å². The van der Waals surface area contributed by atoms with Gasteiger partial charge in [0.15, 0.2) is 11.5 Å². The number of pyridine rings is 2. The van der Waals surface area contributed by atoms with Crippen LogP contribution in [0.3, 0.4) is 0 Å². The predicted octanol–water partition coefficient (Wildman–Crippen LogP) is 2.65. The highest BCUT2D eigenvalue weighted by molar-refractivity contribution is 5.83. The number of fused-ring (bicyclic) bond motifs is 1. The van der Waals surface area contributed by atoms with Gasteiger partial charge in [0.05, 0.1) is 5.56 Å². The Morgan fingerprint density at radius 2 is 1.83 bits per heavy atom. The third-order valence-corrected chi connectivity index (χ3v) is 4.51. The summed E-state index contributed by atoms with van der Waals surface area (Å²) in [5.41, 5.74) is 15.3. The van der Waals surface area contributed by atoms with Crippen molar-refractivity contribution in [1.29, 1.82) is 0 Å². The number of aromatic nitrogens is 4. The molecule has 0 spiro atoms. The van der Waals surface area contributed by atoms with Crippen LogP contribution in [0.15, 0.2) is 54.7 Å². The SMILES string of the molecule is CC(C)(O)C#Cc1ccc2nc(-c3cccnc3N)n(-c3ccc(CN)cc3)c2n1. The number of benzene rings is 1. The average Bonchev–Trinajstić information content (AvgIpc) is 3.10. The fourth-order valence-electron chi connectivity index (χ4n) is 3.06. The maximum atomic E-state index is 9.91. The minimum absolute atomic E-state index is 0.384. The van der Waals surface area contributed by atoms with Crippen LogP contribution in [0, 0.1) is 11.8 Å². The quantitative estimate of drug-likeness (QED) is 0.457. The molecule has 0 saturated heterocycles. The van der Waals surface area contributed by atoms with Gasteiger partial charge in [-0.3, -0.25) is 4.57 Å². The molecule has 1 aromatic carbocycles. The van der Waals surface area contributed by atoms with Crippen LogP contribution in [0.2, 0.25) is 0 Å². The van der Waals surface area contributed by atoms with Gasteiger partial charge in [-0.25, -0.2) is 15.0 Å². The zero-order valence-electron chi connectivity index (χ0n) is 16.8. The summed E-state index contributed by atoms with van der Waals surface area (Å²) >= 11 is 0. The summed E-state index contributed by atoms with van der Waals surface area (Å²) in [5, 5.41) is 9.91. The highest BCUT2D eigenvalue weighted by Gasteiger charge is 2.18. The molecule has 0 bridgehead atoms. The van der Waals surface area contributed by atoms with Crippen LogP contribution in [-0.2, 0) is 6.54 Å². The molecule has 0 saturated carbocycles. The van der Waals surface area contributed by atoms with E-state index < -0.39 is 5.60 Å². The number of aliphatic hydroxyl groups is 1. The van der Waals surface area contributed by atoms with E-state index in [9.17, 15) is 5.11 Å². The zero-order chi connectivity index (χ0) is 21.3. The topological polar surface area (TPSA) is 116 Å². The smallest absolute Gasteiger partial charge is 0.166 e. The minimum Gasteiger partial charge on any atom is -0.383 e. The van der Waals surface area contributed by atoms with Crippen molar-refractivity contribution in [3.05, 3.63) is 66.0 Å². The molecule has 0 radical (unpaired) electrons. The number of nitrogens with zero attached hydrogens (tertiary/aromatic N) is 4. The van der Waals surface area contributed by atoms with E-state index in [4.69, 9.17) is 21.4 Å². The summed E-state index contributed by atoms with van der Waals surface area (Å²) in [6, 6.07) is 15.2. The van der Waals surface area contributed by atoms with Crippen molar-refractivity contribution in [2.45, 2.75) is 26.0 Å². The lowest BCUT2D eigenvalue weighted by atomic mass is 10.1. The zero-order valence-corrected chi connectivity index (χ0v) is 16.8. The molecule has 7 nitrogen and oxygen atoms in total. The normalized spacial score (nSPS) is 11.3. The fourth-order valence-corrected chi connectivity index (χ4v) is 3.06. The van der Waals surface area contributed by atoms with Crippen molar-refractivity contribution in [2.24, 2.45) is 5.73 Å². The van der Waals surface area contributed by atoms with Gasteiger partial charge in [0, 0.05) is 18.4 Å². The summed E-state index contributed by atoms with van der Waals surface area (Å²) < 4.78 is 1.93. The van der Waals surface area contributed by atoms with Crippen molar-refractivity contribution in [3.8, 4) is 28.9 Å². The first-order valence-corrected chi connectivity index (χ1v) is 9.51. The summed E-state index contributed by atoms with van der Waals surface area (Å²) in [6.07, 6.45) is 1.64. The van der Waals surface area contributed by atoms with Gasteiger partial charge < -0.3 is 16.6 Å². The van der Waals surface area contributed by atoms with Crippen LogP contribution < -0.4 is 11.5 Å². The Bertz CT molecular complexity index is 1270. The Kier molecular flexibility index (Phi) is 4.96. The van der Waals surface area contributed by atoms with Crippen molar-refractivity contribution in [1.82, 2.24) is 19.5 Å². The molecule has 0 aliphatic heterocycles. The second-order valence-corrected chi connectivity index (χ2v) is 7.43.